The van der Waals surface area contributed by atoms with Crippen LogP contribution in [0.3, 0.4) is 0 Å². The molecule has 0 spiro atoms. The van der Waals surface area contributed by atoms with Crippen LogP contribution in [0.1, 0.15) is 17.1 Å². The Morgan fingerprint density at radius 3 is 2.68 bits per heavy atom. The summed E-state index contributed by atoms with van der Waals surface area (Å²) in [5.74, 6) is 1.15. The number of benzene rings is 1. The number of nitrogens with one attached hydrogen (secondary N) is 1. The van der Waals surface area contributed by atoms with E-state index in [9.17, 15) is 4.39 Å². The first kappa shape index (κ1) is 13.3. The molecule has 0 unspecified atom stereocenters. The lowest BCUT2D eigenvalue weighted by molar-refractivity contribution is 0.410. The summed E-state index contributed by atoms with van der Waals surface area (Å²) in [6, 6.07) is 7.65. The van der Waals surface area contributed by atoms with E-state index in [-0.39, 0.29) is 5.82 Å². The van der Waals surface area contributed by atoms with Crippen LogP contribution < -0.4 is 10.1 Å². The van der Waals surface area contributed by atoms with Gasteiger partial charge in [-0.1, -0.05) is 18.2 Å². The smallest absolute Gasteiger partial charge is 0.186 e. The maximum Gasteiger partial charge on any atom is 0.186 e. The van der Waals surface area contributed by atoms with E-state index in [1.807, 2.05) is 24.3 Å². The Hall–Kier alpha value is -2.17. The van der Waals surface area contributed by atoms with Gasteiger partial charge in [0.1, 0.15) is 11.6 Å². The van der Waals surface area contributed by atoms with E-state index in [0.717, 1.165) is 11.3 Å². The molecule has 0 radical (unpaired) electrons. The Labute approximate surface area is 111 Å². The zero-order chi connectivity index (χ0) is 13.8. The molecule has 0 aliphatic rings. The third kappa shape index (κ3) is 2.81. The third-order valence-corrected chi connectivity index (χ3v) is 2.84. The van der Waals surface area contributed by atoms with E-state index in [0.29, 0.717) is 17.9 Å². The minimum atomic E-state index is -0.411. The van der Waals surface area contributed by atoms with Crippen molar-refractivity contribution in [3.8, 4) is 5.75 Å². The highest BCUT2D eigenvalue weighted by Gasteiger charge is 2.12. The minimum Gasteiger partial charge on any atom is -0.496 e. The largest absolute Gasteiger partial charge is 0.496 e. The molecule has 5 heteroatoms. The SMILES string of the molecule is CNc1nc(Cc2ccccc2OC)nc(C)c1F. The Morgan fingerprint density at radius 2 is 2.00 bits per heavy atom. The maximum absolute atomic E-state index is 13.7. The van der Waals surface area contributed by atoms with Crippen molar-refractivity contribution in [2.24, 2.45) is 0 Å². The number of rotatable bonds is 4. The molecule has 0 saturated carbocycles. The molecule has 1 heterocycles. The highest BCUT2D eigenvalue weighted by molar-refractivity contribution is 5.40. The number of hydrogen-bond donors (Lipinski definition) is 1. The van der Waals surface area contributed by atoms with Crippen LogP contribution in [-0.2, 0) is 6.42 Å². The van der Waals surface area contributed by atoms with E-state index in [1.165, 1.54) is 0 Å². The molecule has 0 fully saturated rings. The molecule has 100 valence electrons. The van der Waals surface area contributed by atoms with Gasteiger partial charge >= 0.3 is 0 Å². The lowest BCUT2D eigenvalue weighted by atomic mass is 10.1. The maximum atomic E-state index is 13.7. The fraction of sp³-hybridized carbons (Fsp3) is 0.286. The summed E-state index contributed by atoms with van der Waals surface area (Å²) in [5, 5.41) is 2.73. The van der Waals surface area contributed by atoms with Crippen LogP contribution in [0.2, 0.25) is 0 Å². The molecule has 1 N–H and O–H groups in total. The number of aryl methyl sites for hydroxylation is 1. The molecule has 0 bridgehead atoms. The summed E-state index contributed by atoms with van der Waals surface area (Å²) in [4.78, 5) is 8.34. The fourth-order valence-electron chi connectivity index (χ4n) is 1.88. The lowest BCUT2D eigenvalue weighted by Crippen LogP contribution is -2.07. The first-order valence-corrected chi connectivity index (χ1v) is 5.98. The van der Waals surface area contributed by atoms with Gasteiger partial charge in [0, 0.05) is 19.0 Å². The van der Waals surface area contributed by atoms with Crippen molar-refractivity contribution in [3.05, 3.63) is 47.2 Å². The van der Waals surface area contributed by atoms with Crippen LogP contribution >= 0.6 is 0 Å². The van der Waals surface area contributed by atoms with Gasteiger partial charge in [-0.2, -0.15) is 0 Å². The second-order valence-corrected chi connectivity index (χ2v) is 4.13. The van der Waals surface area contributed by atoms with Gasteiger partial charge in [0.15, 0.2) is 11.6 Å². The van der Waals surface area contributed by atoms with Crippen molar-refractivity contribution < 1.29 is 9.13 Å². The molecular weight excluding hydrogens is 245 g/mol. The van der Waals surface area contributed by atoms with Crippen molar-refractivity contribution in [2.45, 2.75) is 13.3 Å². The molecule has 1 aromatic carbocycles. The zero-order valence-electron chi connectivity index (χ0n) is 11.2. The molecule has 2 aromatic rings. The Bertz CT molecular complexity index is 587. The van der Waals surface area contributed by atoms with E-state index in [1.54, 1.807) is 21.1 Å². The Kier molecular flexibility index (Phi) is 3.94. The number of aromatic nitrogens is 2. The topological polar surface area (TPSA) is 47.0 Å². The van der Waals surface area contributed by atoms with E-state index in [4.69, 9.17) is 4.74 Å². The van der Waals surface area contributed by atoms with Gasteiger partial charge in [0.05, 0.1) is 12.8 Å². The lowest BCUT2D eigenvalue weighted by Gasteiger charge is -2.10. The number of halogens is 1. The van der Waals surface area contributed by atoms with Crippen molar-refractivity contribution in [2.75, 3.05) is 19.5 Å². The van der Waals surface area contributed by atoms with Crippen LogP contribution in [0.25, 0.3) is 0 Å². The molecule has 0 aliphatic carbocycles. The predicted molar refractivity (Wildman–Crippen MR) is 72.1 cm³/mol. The molecule has 0 aliphatic heterocycles. The molecule has 0 atom stereocenters. The Morgan fingerprint density at radius 1 is 1.26 bits per heavy atom. The Balaban J connectivity index is 2.36. The first-order chi connectivity index (χ1) is 9.15. The minimum absolute atomic E-state index is 0.220. The van der Waals surface area contributed by atoms with Gasteiger partial charge in [0.2, 0.25) is 0 Å². The van der Waals surface area contributed by atoms with Crippen LogP contribution in [0.15, 0.2) is 24.3 Å². The van der Waals surface area contributed by atoms with E-state index in [2.05, 4.69) is 15.3 Å². The van der Waals surface area contributed by atoms with Crippen LogP contribution in [-0.4, -0.2) is 24.1 Å². The second-order valence-electron chi connectivity index (χ2n) is 4.13. The quantitative estimate of drug-likeness (QED) is 0.919. The van der Waals surface area contributed by atoms with Crippen molar-refractivity contribution in [1.82, 2.24) is 9.97 Å². The van der Waals surface area contributed by atoms with Gasteiger partial charge in [-0.3, -0.25) is 0 Å². The van der Waals surface area contributed by atoms with Crippen LogP contribution in [0, 0.1) is 12.7 Å². The molecule has 4 nitrogen and oxygen atoms in total. The normalized spacial score (nSPS) is 10.3. The molecule has 1 aromatic heterocycles. The van der Waals surface area contributed by atoms with Crippen molar-refractivity contribution >= 4 is 5.82 Å². The van der Waals surface area contributed by atoms with Gasteiger partial charge in [-0.25, -0.2) is 14.4 Å². The second kappa shape index (κ2) is 5.65. The number of nitrogens with zero attached hydrogens (tertiary/aromatic N) is 2. The molecular formula is C14H16FN3O. The monoisotopic (exact) mass is 261 g/mol. The summed E-state index contributed by atoms with van der Waals surface area (Å²) < 4.78 is 18.9. The number of para-hydroxylation sites is 1. The van der Waals surface area contributed by atoms with Crippen molar-refractivity contribution in [1.29, 1.82) is 0 Å². The van der Waals surface area contributed by atoms with Crippen LogP contribution in [0.4, 0.5) is 10.2 Å². The van der Waals surface area contributed by atoms with Gasteiger partial charge in [-0.05, 0) is 13.0 Å². The molecule has 0 amide bonds. The third-order valence-electron chi connectivity index (χ3n) is 2.84. The summed E-state index contributed by atoms with van der Waals surface area (Å²) >= 11 is 0. The number of methoxy groups -OCH3 is 1. The number of anilines is 1. The average molecular weight is 261 g/mol. The number of hydrogen-bond acceptors (Lipinski definition) is 4. The summed E-state index contributed by atoms with van der Waals surface area (Å²) in [5.41, 5.74) is 1.31. The highest BCUT2D eigenvalue weighted by atomic mass is 19.1. The van der Waals surface area contributed by atoms with Gasteiger partial charge in [-0.15, -0.1) is 0 Å². The zero-order valence-corrected chi connectivity index (χ0v) is 11.2. The average Bonchev–Trinajstić information content (AvgIpc) is 2.43. The molecule has 19 heavy (non-hydrogen) atoms. The van der Waals surface area contributed by atoms with E-state index >= 15 is 0 Å². The van der Waals surface area contributed by atoms with Gasteiger partial charge in [0.25, 0.3) is 0 Å². The van der Waals surface area contributed by atoms with Gasteiger partial charge < -0.3 is 10.1 Å². The van der Waals surface area contributed by atoms with Crippen molar-refractivity contribution in [3.63, 3.8) is 0 Å². The molecule has 2 rings (SSSR count). The fourth-order valence-corrected chi connectivity index (χ4v) is 1.88. The number of ether oxygens (including phenoxy) is 1. The predicted octanol–water partition coefficient (Wildman–Crippen LogP) is 2.57. The summed E-state index contributed by atoms with van der Waals surface area (Å²) in [7, 11) is 3.26. The van der Waals surface area contributed by atoms with Crippen LogP contribution in [0.5, 0.6) is 5.75 Å². The summed E-state index contributed by atoms with van der Waals surface area (Å²) in [6.45, 7) is 1.63. The standard InChI is InChI=1S/C14H16FN3O/c1-9-13(15)14(16-2)18-12(17-9)8-10-6-4-5-7-11(10)19-3/h4-7H,8H2,1-3H3,(H,16,17,18). The summed E-state index contributed by atoms with van der Waals surface area (Å²) in [6.07, 6.45) is 0.500. The first-order valence-electron chi connectivity index (χ1n) is 5.98. The molecule has 0 saturated heterocycles. The highest BCUT2D eigenvalue weighted by Crippen LogP contribution is 2.21. The van der Waals surface area contributed by atoms with E-state index < -0.39 is 5.82 Å².